The van der Waals surface area contributed by atoms with Gasteiger partial charge in [0.15, 0.2) is 0 Å². The number of hydrogen-bond acceptors (Lipinski definition) is 4. The second-order valence-electron chi connectivity index (χ2n) is 6.57. The molecule has 1 aromatic heterocycles. The normalized spacial score (nSPS) is 27.0. The molecule has 1 N–H and O–H groups in total. The first-order valence-corrected chi connectivity index (χ1v) is 8.95. The number of aliphatic hydroxyl groups is 1. The Hall–Kier alpha value is -0.910. The zero-order valence-electron chi connectivity index (χ0n) is 13.6. The number of aliphatic hydroxyl groups excluding tert-OH is 1. The van der Waals surface area contributed by atoms with Gasteiger partial charge in [0.2, 0.25) is 0 Å². The molecule has 1 saturated carbocycles. The van der Waals surface area contributed by atoms with Crippen molar-refractivity contribution >= 4 is 17.2 Å². The lowest BCUT2D eigenvalue weighted by Gasteiger charge is -2.56. The van der Waals surface area contributed by atoms with Gasteiger partial charge in [-0.3, -0.25) is 4.79 Å². The second kappa shape index (κ2) is 5.95. The van der Waals surface area contributed by atoms with Gasteiger partial charge in [-0.2, -0.15) is 0 Å². The minimum absolute atomic E-state index is 0.117. The molecule has 1 spiro atoms. The summed E-state index contributed by atoms with van der Waals surface area (Å²) in [5.41, 5.74) is 1.07. The van der Waals surface area contributed by atoms with E-state index in [1.54, 1.807) is 11.3 Å². The number of ether oxygens (including phenoxy) is 1. The van der Waals surface area contributed by atoms with Crippen LogP contribution < -0.4 is 0 Å². The number of nitrogens with zero attached hydrogens (tertiary/aromatic N) is 1. The minimum atomic E-state index is -0.271. The molecule has 1 aliphatic heterocycles. The molecule has 1 aromatic rings. The average molecular weight is 323 g/mol. The summed E-state index contributed by atoms with van der Waals surface area (Å²) in [6, 6.07) is 1.99. The summed E-state index contributed by atoms with van der Waals surface area (Å²) in [5.74, 6) is 0.137. The van der Waals surface area contributed by atoms with Gasteiger partial charge in [0, 0.05) is 36.4 Å². The highest BCUT2D eigenvalue weighted by Crippen LogP contribution is 2.51. The number of hydrogen-bond donors (Lipinski definition) is 1. The maximum absolute atomic E-state index is 12.6. The average Bonchev–Trinajstić information content (AvgIpc) is 2.86. The Morgan fingerprint density at radius 2 is 2.14 bits per heavy atom. The van der Waals surface area contributed by atoms with Crippen molar-refractivity contribution in [3.05, 3.63) is 21.4 Å². The number of carbonyl (C=O) groups excluding carboxylic acids is 1. The summed E-state index contributed by atoms with van der Waals surface area (Å²) in [5, 5.41) is 10.2. The van der Waals surface area contributed by atoms with Crippen molar-refractivity contribution < 1.29 is 14.6 Å². The third-order valence-electron chi connectivity index (χ3n) is 5.47. The summed E-state index contributed by atoms with van der Waals surface area (Å²) in [6.45, 7) is 8.23. The SMILES string of the molecule is CCO[C@H]1C[C@H](O)C12CCN(C(=O)c1cc(C)c(C)s1)CC2. The van der Waals surface area contributed by atoms with Crippen LogP contribution in [0.15, 0.2) is 6.07 Å². The standard InChI is InChI=1S/C17H25NO3S/c1-4-21-15-10-14(19)17(15)5-7-18(8-6-17)16(20)13-9-11(2)12(3)22-13/h9,14-15,19H,4-8,10H2,1-3H3/t14-,15-/m0/s1. The molecule has 122 valence electrons. The lowest BCUT2D eigenvalue weighted by Crippen LogP contribution is -2.62. The van der Waals surface area contributed by atoms with Crippen LogP contribution in [0, 0.1) is 19.3 Å². The van der Waals surface area contributed by atoms with Gasteiger partial charge in [0.1, 0.15) is 0 Å². The van der Waals surface area contributed by atoms with E-state index in [9.17, 15) is 9.90 Å². The van der Waals surface area contributed by atoms with Crippen molar-refractivity contribution in [2.45, 2.75) is 52.2 Å². The summed E-state index contributed by atoms with van der Waals surface area (Å²) in [6.07, 6.45) is 2.32. The lowest BCUT2D eigenvalue weighted by atomic mass is 9.58. The summed E-state index contributed by atoms with van der Waals surface area (Å²) in [7, 11) is 0. The molecule has 3 rings (SSSR count). The zero-order valence-corrected chi connectivity index (χ0v) is 14.4. The molecule has 1 amide bonds. The molecule has 0 radical (unpaired) electrons. The first-order chi connectivity index (χ1) is 10.5. The number of aryl methyl sites for hydroxylation is 2. The summed E-state index contributed by atoms with van der Waals surface area (Å²) >= 11 is 1.58. The van der Waals surface area contributed by atoms with Gasteiger partial charge < -0.3 is 14.7 Å². The molecule has 22 heavy (non-hydrogen) atoms. The zero-order chi connectivity index (χ0) is 15.9. The molecule has 1 saturated heterocycles. The monoisotopic (exact) mass is 323 g/mol. The third kappa shape index (κ3) is 2.49. The van der Waals surface area contributed by atoms with Crippen molar-refractivity contribution in [3.63, 3.8) is 0 Å². The van der Waals surface area contributed by atoms with Gasteiger partial charge in [-0.1, -0.05) is 0 Å². The van der Waals surface area contributed by atoms with Crippen LogP contribution in [-0.4, -0.2) is 47.8 Å². The highest BCUT2D eigenvalue weighted by atomic mass is 32.1. The molecular formula is C17H25NO3S. The summed E-state index contributed by atoms with van der Waals surface area (Å²) < 4.78 is 5.78. The molecule has 2 aliphatic rings. The van der Waals surface area contributed by atoms with E-state index in [4.69, 9.17) is 4.74 Å². The summed E-state index contributed by atoms with van der Waals surface area (Å²) in [4.78, 5) is 16.6. The van der Waals surface area contributed by atoms with Gasteiger partial charge in [0.25, 0.3) is 5.91 Å². The molecule has 2 fully saturated rings. The fraction of sp³-hybridized carbons (Fsp3) is 0.706. The Morgan fingerprint density at radius 1 is 1.45 bits per heavy atom. The Bertz CT molecular complexity index is 539. The number of likely N-dealkylation sites (tertiary alicyclic amines) is 1. The topological polar surface area (TPSA) is 49.8 Å². The van der Waals surface area contributed by atoms with Crippen LogP contribution in [0.4, 0.5) is 0 Å². The highest BCUT2D eigenvalue weighted by Gasteiger charge is 2.56. The van der Waals surface area contributed by atoms with Gasteiger partial charge in [0.05, 0.1) is 17.1 Å². The molecule has 4 nitrogen and oxygen atoms in total. The Labute approximate surface area is 136 Å². The molecule has 2 heterocycles. The van der Waals surface area contributed by atoms with E-state index in [0.717, 1.165) is 37.2 Å². The van der Waals surface area contributed by atoms with E-state index in [2.05, 4.69) is 6.92 Å². The van der Waals surface area contributed by atoms with Crippen molar-refractivity contribution in [2.24, 2.45) is 5.41 Å². The van der Waals surface area contributed by atoms with E-state index in [1.807, 2.05) is 24.8 Å². The molecule has 0 aromatic carbocycles. The Morgan fingerprint density at radius 3 is 2.64 bits per heavy atom. The molecule has 5 heteroatoms. The number of carbonyl (C=O) groups is 1. The molecule has 0 unspecified atom stereocenters. The number of rotatable bonds is 3. The smallest absolute Gasteiger partial charge is 0.263 e. The molecule has 0 bridgehead atoms. The number of thiophene rings is 1. The first kappa shape index (κ1) is 16.0. The maximum atomic E-state index is 12.6. The van der Waals surface area contributed by atoms with Crippen LogP contribution in [0.3, 0.4) is 0 Å². The predicted octanol–water partition coefficient (Wildman–Crippen LogP) is 2.76. The van der Waals surface area contributed by atoms with Crippen LogP contribution in [0.2, 0.25) is 0 Å². The van der Waals surface area contributed by atoms with Gasteiger partial charge in [-0.15, -0.1) is 11.3 Å². The van der Waals surface area contributed by atoms with Gasteiger partial charge >= 0.3 is 0 Å². The lowest BCUT2D eigenvalue weighted by molar-refractivity contribution is -0.207. The van der Waals surface area contributed by atoms with Crippen molar-refractivity contribution in [3.8, 4) is 0 Å². The second-order valence-corrected chi connectivity index (χ2v) is 7.83. The predicted molar refractivity (Wildman–Crippen MR) is 87.4 cm³/mol. The Balaban J connectivity index is 1.65. The van der Waals surface area contributed by atoms with Crippen LogP contribution in [0.25, 0.3) is 0 Å². The van der Waals surface area contributed by atoms with Crippen LogP contribution >= 0.6 is 11.3 Å². The van der Waals surface area contributed by atoms with Gasteiger partial charge in [-0.25, -0.2) is 0 Å². The number of amides is 1. The van der Waals surface area contributed by atoms with Crippen LogP contribution in [0.5, 0.6) is 0 Å². The van der Waals surface area contributed by atoms with E-state index >= 15 is 0 Å². The fourth-order valence-electron chi connectivity index (χ4n) is 3.78. The minimum Gasteiger partial charge on any atom is -0.392 e. The first-order valence-electron chi connectivity index (χ1n) is 8.14. The molecular weight excluding hydrogens is 298 g/mol. The highest BCUT2D eigenvalue weighted by molar-refractivity contribution is 7.14. The quantitative estimate of drug-likeness (QED) is 0.930. The van der Waals surface area contributed by atoms with Crippen molar-refractivity contribution in [2.75, 3.05) is 19.7 Å². The number of piperidine rings is 1. The van der Waals surface area contributed by atoms with Crippen molar-refractivity contribution in [1.82, 2.24) is 4.90 Å². The third-order valence-corrected chi connectivity index (χ3v) is 6.61. The molecule has 1 aliphatic carbocycles. The Kier molecular flexibility index (Phi) is 4.32. The fourth-order valence-corrected chi connectivity index (χ4v) is 4.78. The maximum Gasteiger partial charge on any atom is 0.263 e. The van der Waals surface area contributed by atoms with Crippen LogP contribution in [0.1, 0.15) is 46.3 Å². The van der Waals surface area contributed by atoms with Gasteiger partial charge in [-0.05, 0) is 45.2 Å². The van der Waals surface area contributed by atoms with E-state index in [0.29, 0.717) is 6.61 Å². The molecule has 2 atom stereocenters. The van der Waals surface area contributed by atoms with Crippen LogP contribution in [-0.2, 0) is 4.74 Å². The van der Waals surface area contributed by atoms with E-state index in [1.165, 1.54) is 10.4 Å². The largest absolute Gasteiger partial charge is 0.392 e. The van der Waals surface area contributed by atoms with E-state index < -0.39 is 0 Å². The van der Waals surface area contributed by atoms with Crippen molar-refractivity contribution in [1.29, 1.82) is 0 Å². The van der Waals surface area contributed by atoms with E-state index in [-0.39, 0.29) is 23.5 Å².